The number of amides is 2. The van der Waals surface area contributed by atoms with Crippen LogP contribution in [-0.4, -0.2) is 28.6 Å². The number of hydrogen-bond donors (Lipinski definition) is 2. The molecule has 0 aliphatic carbocycles. The Bertz CT molecular complexity index is 528. The first kappa shape index (κ1) is 23.2. The Morgan fingerprint density at radius 3 is 1.67 bits per heavy atom. The first-order chi connectivity index (χ1) is 13.1. The zero-order valence-corrected chi connectivity index (χ0v) is 17.3. The second-order valence-electron chi connectivity index (χ2n) is 7.34. The van der Waals surface area contributed by atoms with Crippen molar-refractivity contribution in [1.82, 2.24) is 15.1 Å². The van der Waals surface area contributed by atoms with E-state index in [0.717, 1.165) is 19.3 Å². The van der Waals surface area contributed by atoms with Gasteiger partial charge in [0.25, 0.3) is 0 Å². The van der Waals surface area contributed by atoms with Crippen molar-refractivity contribution in [2.75, 3.05) is 12.4 Å². The van der Waals surface area contributed by atoms with Crippen molar-refractivity contribution in [3.05, 3.63) is 12.3 Å². The molecule has 0 aliphatic rings. The van der Waals surface area contributed by atoms with Crippen molar-refractivity contribution in [2.24, 2.45) is 7.05 Å². The fourth-order valence-corrected chi connectivity index (χ4v) is 3.15. The molecule has 0 atom stereocenters. The van der Waals surface area contributed by atoms with Gasteiger partial charge in [-0.15, -0.1) is 0 Å². The minimum absolute atomic E-state index is 0.0593. The molecule has 0 spiro atoms. The molecule has 1 aromatic rings. The summed E-state index contributed by atoms with van der Waals surface area (Å²) in [7, 11) is 3.54. The predicted octanol–water partition coefficient (Wildman–Crippen LogP) is 4.57. The molecular weight excluding hydrogens is 340 g/mol. The van der Waals surface area contributed by atoms with Crippen LogP contribution in [0.5, 0.6) is 0 Å². The summed E-state index contributed by atoms with van der Waals surface area (Å²) in [6.07, 6.45) is 17.6. The summed E-state index contributed by atoms with van der Waals surface area (Å²) in [5, 5.41) is 9.63. The number of rotatable bonds is 16. The van der Waals surface area contributed by atoms with Crippen LogP contribution >= 0.6 is 0 Å². The van der Waals surface area contributed by atoms with Gasteiger partial charge in [0, 0.05) is 39.2 Å². The highest BCUT2D eigenvalue weighted by molar-refractivity contribution is 5.89. The molecular formula is C21H38N4O2. The zero-order chi connectivity index (χ0) is 19.7. The Labute approximate surface area is 164 Å². The maximum Gasteiger partial charge on any atom is 0.225 e. The van der Waals surface area contributed by atoms with E-state index >= 15 is 0 Å². The highest BCUT2D eigenvalue weighted by Crippen LogP contribution is 2.13. The summed E-state index contributed by atoms with van der Waals surface area (Å²) in [6, 6.07) is 1.81. The molecule has 1 heterocycles. The normalized spacial score (nSPS) is 10.7. The Morgan fingerprint density at radius 2 is 1.26 bits per heavy atom. The van der Waals surface area contributed by atoms with Crippen molar-refractivity contribution in [1.29, 1.82) is 0 Å². The summed E-state index contributed by atoms with van der Waals surface area (Å²) in [6.45, 7) is 0. The summed E-state index contributed by atoms with van der Waals surface area (Å²) >= 11 is 0. The molecule has 154 valence electrons. The standard InChI is InChI=1S/C21H38N4O2/c1-22-20(26)15-13-11-9-7-5-3-4-6-8-10-12-14-16-21(27)23-19-17-18-25(2)24-19/h17-18H,3-16H2,1-2H3,(H,22,26)(H,23,24,27). The Hall–Kier alpha value is -1.85. The largest absolute Gasteiger partial charge is 0.359 e. The summed E-state index contributed by atoms with van der Waals surface area (Å²) in [5.74, 6) is 0.849. The van der Waals surface area contributed by atoms with E-state index in [1.807, 2.05) is 19.3 Å². The third kappa shape index (κ3) is 13.0. The maximum atomic E-state index is 11.8. The van der Waals surface area contributed by atoms with Gasteiger partial charge in [0.2, 0.25) is 11.8 Å². The summed E-state index contributed by atoms with van der Waals surface area (Å²) in [4.78, 5) is 22.9. The second-order valence-corrected chi connectivity index (χ2v) is 7.34. The van der Waals surface area contributed by atoms with Crippen molar-refractivity contribution in [3.8, 4) is 0 Å². The van der Waals surface area contributed by atoms with Gasteiger partial charge in [-0.25, -0.2) is 0 Å². The van der Waals surface area contributed by atoms with E-state index in [1.165, 1.54) is 57.8 Å². The zero-order valence-electron chi connectivity index (χ0n) is 17.3. The monoisotopic (exact) mass is 378 g/mol. The van der Waals surface area contributed by atoms with Crippen LogP contribution in [0.4, 0.5) is 5.82 Å². The van der Waals surface area contributed by atoms with Crippen LogP contribution in [0.15, 0.2) is 12.3 Å². The molecule has 0 fully saturated rings. The highest BCUT2D eigenvalue weighted by atomic mass is 16.2. The predicted molar refractivity (Wildman–Crippen MR) is 111 cm³/mol. The topological polar surface area (TPSA) is 76.0 Å². The first-order valence-electron chi connectivity index (χ1n) is 10.6. The van der Waals surface area contributed by atoms with Gasteiger partial charge in [-0.1, -0.05) is 64.2 Å². The molecule has 0 unspecified atom stereocenters. The van der Waals surface area contributed by atoms with Gasteiger partial charge in [0.05, 0.1) is 0 Å². The Kier molecular flexibility index (Phi) is 13.1. The van der Waals surface area contributed by atoms with Gasteiger partial charge < -0.3 is 10.6 Å². The van der Waals surface area contributed by atoms with Crippen molar-refractivity contribution < 1.29 is 9.59 Å². The summed E-state index contributed by atoms with van der Waals surface area (Å²) in [5.41, 5.74) is 0. The smallest absolute Gasteiger partial charge is 0.225 e. The second kappa shape index (κ2) is 15.2. The van der Waals surface area contributed by atoms with Crippen molar-refractivity contribution in [2.45, 2.75) is 89.9 Å². The molecule has 2 amide bonds. The lowest BCUT2D eigenvalue weighted by Crippen LogP contribution is -2.16. The molecule has 2 N–H and O–H groups in total. The van der Waals surface area contributed by atoms with E-state index in [4.69, 9.17) is 0 Å². The van der Waals surface area contributed by atoms with Crippen LogP contribution in [0, 0.1) is 0 Å². The minimum Gasteiger partial charge on any atom is -0.359 e. The summed E-state index contributed by atoms with van der Waals surface area (Å²) < 4.78 is 1.68. The lowest BCUT2D eigenvalue weighted by molar-refractivity contribution is -0.120. The number of nitrogens with zero attached hydrogens (tertiary/aromatic N) is 2. The van der Waals surface area contributed by atoms with Gasteiger partial charge in [-0.05, 0) is 12.8 Å². The van der Waals surface area contributed by atoms with E-state index in [9.17, 15) is 9.59 Å². The third-order valence-corrected chi connectivity index (χ3v) is 4.82. The molecule has 0 saturated heterocycles. The first-order valence-corrected chi connectivity index (χ1v) is 10.6. The molecule has 1 aromatic heterocycles. The molecule has 0 radical (unpaired) electrons. The third-order valence-electron chi connectivity index (χ3n) is 4.82. The van der Waals surface area contributed by atoms with Crippen molar-refractivity contribution in [3.63, 3.8) is 0 Å². The quantitative estimate of drug-likeness (QED) is 0.414. The minimum atomic E-state index is 0.0593. The number of nitrogens with one attached hydrogen (secondary N) is 2. The van der Waals surface area contributed by atoms with Crippen LogP contribution in [0.1, 0.15) is 89.9 Å². The molecule has 0 aromatic carbocycles. The number of anilines is 1. The van der Waals surface area contributed by atoms with E-state index < -0.39 is 0 Å². The van der Waals surface area contributed by atoms with Gasteiger partial charge in [-0.2, -0.15) is 5.10 Å². The number of carbonyl (C=O) groups excluding carboxylic acids is 2. The van der Waals surface area contributed by atoms with Crippen LogP contribution < -0.4 is 10.6 Å². The highest BCUT2D eigenvalue weighted by Gasteiger charge is 2.04. The number of aryl methyl sites for hydroxylation is 1. The maximum absolute atomic E-state index is 11.8. The fourth-order valence-electron chi connectivity index (χ4n) is 3.15. The molecule has 1 rings (SSSR count). The van der Waals surface area contributed by atoms with E-state index in [-0.39, 0.29) is 11.8 Å². The molecule has 27 heavy (non-hydrogen) atoms. The lowest BCUT2D eigenvalue weighted by Gasteiger charge is -2.04. The van der Waals surface area contributed by atoms with E-state index in [2.05, 4.69) is 15.7 Å². The van der Waals surface area contributed by atoms with Crippen LogP contribution in [0.3, 0.4) is 0 Å². The van der Waals surface area contributed by atoms with Crippen LogP contribution in [-0.2, 0) is 16.6 Å². The average molecular weight is 379 g/mol. The number of hydrogen-bond acceptors (Lipinski definition) is 3. The Morgan fingerprint density at radius 1 is 0.815 bits per heavy atom. The number of carbonyl (C=O) groups is 2. The SMILES string of the molecule is CNC(=O)CCCCCCCCCCCCCCC(=O)Nc1ccn(C)n1. The van der Waals surface area contributed by atoms with E-state index in [1.54, 1.807) is 11.7 Å². The van der Waals surface area contributed by atoms with Gasteiger partial charge >= 0.3 is 0 Å². The lowest BCUT2D eigenvalue weighted by atomic mass is 10.0. The van der Waals surface area contributed by atoms with Gasteiger partial charge in [0.15, 0.2) is 5.82 Å². The molecule has 6 heteroatoms. The molecule has 0 bridgehead atoms. The number of aromatic nitrogens is 2. The molecule has 0 aliphatic heterocycles. The average Bonchev–Trinajstić information content (AvgIpc) is 3.06. The number of unbranched alkanes of at least 4 members (excludes halogenated alkanes) is 11. The van der Waals surface area contributed by atoms with Crippen LogP contribution in [0.25, 0.3) is 0 Å². The fraction of sp³-hybridized carbons (Fsp3) is 0.762. The molecule has 0 saturated carbocycles. The molecule has 6 nitrogen and oxygen atoms in total. The van der Waals surface area contributed by atoms with Gasteiger partial charge in [-0.3, -0.25) is 14.3 Å². The van der Waals surface area contributed by atoms with E-state index in [0.29, 0.717) is 18.7 Å². The Balaban J connectivity index is 1.79. The van der Waals surface area contributed by atoms with Crippen LogP contribution in [0.2, 0.25) is 0 Å². The van der Waals surface area contributed by atoms with Gasteiger partial charge in [0.1, 0.15) is 0 Å². The van der Waals surface area contributed by atoms with Crippen molar-refractivity contribution >= 4 is 17.6 Å².